The van der Waals surface area contributed by atoms with E-state index in [2.05, 4.69) is 65.5 Å². The van der Waals surface area contributed by atoms with Crippen molar-refractivity contribution in [1.29, 1.82) is 0 Å². The van der Waals surface area contributed by atoms with Gasteiger partial charge in [0.05, 0.1) is 5.69 Å². The molecule has 3 rings (SSSR count). The van der Waals surface area contributed by atoms with E-state index in [0.29, 0.717) is 5.41 Å². The van der Waals surface area contributed by atoms with E-state index < -0.39 is 0 Å². The Morgan fingerprint density at radius 2 is 1.90 bits per heavy atom. The summed E-state index contributed by atoms with van der Waals surface area (Å²) in [6.07, 6.45) is 2.45. The van der Waals surface area contributed by atoms with E-state index in [0.717, 1.165) is 24.7 Å². The van der Waals surface area contributed by atoms with Crippen molar-refractivity contribution in [1.82, 2.24) is 20.2 Å². The topological polar surface area (TPSA) is 46.8 Å². The SMILES string of the molecule is Cc1ccc(-n2nnnc2N2CCCC(C)(C)C2)cc1. The number of anilines is 1. The molecule has 1 aromatic heterocycles. The molecule has 0 radical (unpaired) electrons. The number of aryl methyl sites for hydroxylation is 1. The number of hydrogen-bond acceptors (Lipinski definition) is 4. The zero-order valence-corrected chi connectivity index (χ0v) is 12.4. The van der Waals surface area contributed by atoms with Gasteiger partial charge in [-0.1, -0.05) is 36.6 Å². The highest BCUT2D eigenvalue weighted by Crippen LogP contribution is 2.31. The Morgan fingerprint density at radius 3 is 2.60 bits per heavy atom. The van der Waals surface area contributed by atoms with Crippen LogP contribution < -0.4 is 4.90 Å². The molecule has 5 heteroatoms. The van der Waals surface area contributed by atoms with E-state index in [-0.39, 0.29) is 0 Å². The van der Waals surface area contributed by atoms with Crippen LogP contribution in [0.3, 0.4) is 0 Å². The van der Waals surface area contributed by atoms with Crippen molar-refractivity contribution in [3.8, 4) is 5.69 Å². The molecule has 0 N–H and O–H groups in total. The maximum absolute atomic E-state index is 4.23. The lowest BCUT2D eigenvalue weighted by atomic mass is 9.84. The highest BCUT2D eigenvalue weighted by atomic mass is 15.6. The van der Waals surface area contributed by atoms with Gasteiger partial charge in [0.1, 0.15) is 0 Å². The second-order valence-corrected chi connectivity index (χ2v) is 6.42. The number of tetrazole rings is 1. The summed E-state index contributed by atoms with van der Waals surface area (Å²) in [5, 5.41) is 12.3. The second-order valence-electron chi connectivity index (χ2n) is 6.42. The molecule has 0 unspecified atom stereocenters. The van der Waals surface area contributed by atoms with Crippen molar-refractivity contribution in [2.75, 3.05) is 18.0 Å². The highest BCUT2D eigenvalue weighted by Gasteiger charge is 2.29. The molecule has 5 nitrogen and oxygen atoms in total. The lowest BCUT2D eigenvalue weighted by molar-refractivity contribution is 0.290. The third-order valence-corrected chi connectivity index (χ3v) is 3.91. The van der Waals surface area contributed by atoms with E-state index in [1.165, 1.54) is 18.4 Å². The van der Waals surface area contributed by atoms with Gasteiger partial charge in [-0.3, -0.25) is 0 Å². The standard InChI is InChI=1S/C15H21N5/c1-12-5-7-13(8-6-12)20-14(16-17-18-20)19-10-4-9-15(2,3)11-19/h5-8H,4,9-11H2,1-3H3. The summed E-state index contributed by atoms with van der Waals surface area (Å²) in [4.78, 5) is 2.29. The number of benzene rings is 1. The Hall–Kier alpha value is -1.91. The van der Waals surface area contributed by atoms with Gasteiger partial charge in [0.2, 0.25) is 5.95 Å². The zero-order valence-electron chi connectivity index (χ0n) is 12.4. The van der Waals surface area contributed by atoms with Gasteiger partial charge in [0.25, 0.3) is 0 Å². The predicted molar refractivity (Wildman–Crippen MR) is 79.1 cm³/mol. The third kappa shape index (κ3) is 2.53. The van der Waals surface area contributed by atoms with Gasteiger partial charge in [-0.2, -0.15) is 4.68 Å². The van der Waals surface area contributed by atoms with Crippen LogP contribution >= 0.6 is 0 Å². The quantitative estimate of drug-likeness (QED) is 0.842. The predicted octanol–water partition coefficient (Wildman–Crippen LogP) is 2.60. The molecule has 0 aliphatic carbocycles. The monoisotopic (exact) mass is 271 g/mol. The number of aromatic nitrogens is 4. The smallest absolute Gasteiger partial charge is 0.250 e. The molecule has 1 fully saturated rings. The summed E-state index contributed by atoms with van der Waals surface area (Å²) >= 11 is 0. The maximum Gasteiger partial charge on any atom is 0.250 e. The fraction of sp³-hybridized carbons (Fsp3) is 0.533. The molecule has 1 aliphatic rings. The molecule has 0 spiro atoms. The Morgan fingerprint density at radius 1 is 1.15 bits per heavy atom. The third-order valence-electron chi connectivity index (χ3n) is 3.91. The minimum absolute atomic E-state index is 0.322. The molecule has 0 atom stereocenters. The second kappa shape index (κ2) is 4.89. The van der Waals surface area contributed by atoms with Crippen LogP contribution in [0.25, 0.3) is 5.69 Å². The van der Waals surface area contributed by atoms with Gasteiger partial charge >= 0.3 is 0 Å². The van der Waals surface area contributed by atoms with Gasteiger partial charge in [-0.15, -0.1) is 0 Å². The number of rotatable bonds is 2. The molecular weight excluding hydrogens is 250 g/mol. The molecule has 1 aromatic carbocycles. The van der Waals surface area contributed by atoms with Crippen LogP contribution in [-0.4, -0.2) is 33.3 Å². The van der Waals surface area contributed by atoms with Gasteiger partial charge < -0.3 is 4.90 Å². The van der Waals surface area contributed by atoms with Crippen molar-refractivity contribution >= 4 is 5.95 Å². The molecule has 0 saturated carbocycles. The Balaban J connectivity index is 1.92. The summed E-state index contributed by atoms with van der Waals surface area (Å²) < 4.78 is 1.83. The molecule has 2 aromatic rings. The number of nitrogens with zero attached hydrogens (tertiary/aromatic N) is 5. The van der Waals surface area contributed by atoms with Gasteiger partial charge in [-0.25, -0.2) is 0 Å². The first-order chi connectivity index (χ1) is 9.55. The van der Waals surface area contributed by atoms with Crippen molar-refractivity contribution in [2.45, 2.75) is 33.6 Å². The lowest BCUT2D eigenvalue weighted by Crippen LogP contribution is -2.41. The van der Waals surface area contributed by atoms with E-state index in [1.54, 1.807) is 0 Å². The van der Waals surface area contributed by atoms with Gasteiger partial charge in [0.15, 0.2) is 0 Å². The summed E-state index contributed by atoms with van der Waals surface area (Å²) in [5.74, 6) is 0.849. The number of hydrogen-bond donors (Lipinski definition) is 0. The first-order valence-electron chi connectivity index (χ1n) is 7.16. The minimum Gasteiger partial charge on any atom is -0.339 e. The van der Waals surface area contributed by atoms with Crippen LogP contribution in [0.4, 0.5) is 5.95 Å². The highest BCUT2D eigenvalue weighted by molar-refractivity contribution is 5.42. The van der Waals surface area contributed by atoms with E-state index in [4.69, 9.17) is 0 Å². The van der Waals surface area contributed by atoms with Crippen LogP contribution in [0.5, 0.6) is 0 Å². The normalized spacial score (nSPS) is 18.2. The average molecular weight is 271 g/mol. The molecule has 2 heterocycles. The molecule has 1 saturated heterocycles. The molecular formula is C15H21N5. The molecule has 0 bridgehead atoms. The van der Waals surface area contributed by atoms with Gasteiger partial charge in [-0.05, 0) is 47.7 Å². The van der Waals surface area contributed by atoms with E-state index in [1.807, 2.05) is 4.68 Å². The summed E-state index contributed by atoms with van der Waals surface area (Å²) in [5.41, 5.74) is 2.57. The van der Waals surface area contributed by atoms with Crippen LogP contribution in [-0.2, 0) is 0 Å². The van der Waals surface area contributed by atoms with Crippen molar-refractivity contribution in [2.24, 2.45) is 5.41 Å². The molecule has 20 heavy (non-hydrogen) atoms. The lowest BCUT2D eigenvalue weighted by Gasteiger charge is -2.38. The van der Waals surface area contributed by atoms with E-state index >= 15 is 0 Å². The summed E-state index contributed by atoms with van der Waals surface area (Å²) in [7, 11) is 0. The van der Waals surface area contributed by atoms with Crippen molar-refractivity contribution in [3.63, 3.8) is 0 Å². The van der Waals surface area contributed by atoms with Crippen molar-refractivity contribution in [3.05, 3.63) is 29.8 Å². The van der Waals surface area contributed by atoms with Crippen molar-refractivity contribution < 1.29 is 0 Å². The largest absolute Gasteiger partial charge is 0.339 e. The first-order valence-corrected chi connectivity index (χ1v) is 7.16. The van der Waals surface area contributed by atoms with Crippen LogP contribution in [0, 0.1) is 12.3 Å². The summed E-state index contributed by atoms with van der Waals surface area (Å²) in [6, 6.07) is 8.29. The summed E-state index contributed by atoms with van der Waals surface area (Å²) in [6.45, 7) is 8.71. The van der Waals surface area contributed by atoms with Crippen LogP contribution in [0.15, 0.2) is 24.3 Å². The molecule has 106 valence electrons. The van der Waals surface area contributed by atoms with Crippen LogP contribution in [0.2, 0.25) is 0 Å². The van der Waals surface area contributed by atoms with E-state index in [9.17, 15) is 0 Å². The zero-order chi connectivity index (χ0) is 14.2. The Labute approximate surface area is 119 Å². The van der Waals surface area contributed by atoms with Gasteiger partial charge in [0, 0.05) is 13.1 Å². The Bertz CT molecular complexity index is 585. The molecule has 1 aliphatic heterocycles. The first kappa shape index (κ1) is 13.1. The minimum atomic E-state index is 0.322. The number of piperidine rings is 1. The molecule has 0 amide bonds. The fourth-order valence-electron chi connectivity index (χ4n) is 2.83. The fourth-order valence-corrected chi connectivity index (χ4v) is 2.83. The maximum atomic E-state index is 4.23. The van der Waals surface area contributed by atoms with Crippen LogP contribution in [0.1, 0.15) is 32.3 Å². The Kier molecular flexibility index (Phi) is 3.20. The average Bonchev–Trinajstić information content (AvgIpc) is 2.87.